The first-order valence-electron chi connectivity index (χ1n) is 8.29. The Morgan fingerprint density at radius 1 is 1.04 bits per heavy atom. The maximum absolute atomic E-state index is 12.7. The number of hydrogen-bond acceptors (Lipinski definition) is 4. The van der Waals surface area contributed by atoms with Crippen molar-refractivity contribution < 1.29 is 9.59 Å². The quantitative estimate of drug-likeness (QED) is 0.475. The summed E-state index contributed by atoms with van der Waals surface area (Å²) in [5.41, 5.74) is 1.32. The lowest BCUT2D eigenvalue weighted by molar-refractivity contribution is -0.140. The molecule has 0 N–H and O–H groups in total. The summed E-state index contributed by atoms with van der Waals surface area (Å²) in [4.78, 5) is 25.5. The molecule has 1 heterocycles. The molecule has 5 nitrogen and oxygen atoms in total. The number of hydrazone groups is 1. The van der Waals surface area contributed by atoms with Crippen molar-refractivity contribution >= 4 is 18.0 Å². The Kier molecular flexibility index (Phi) is 2.64. The normalized spacial score (nSPS) is 38.4. The summed E-state index contributed by atoms with van der Waals surface area (Å²) >= 11 is 0. The molecule has 118 valence electrons. The van der Waals surface area contributed by atoms with E-state index in [2.05, 4.69) is 23.3 Å². The number of allylic oxidation sites excluding steroid dienone is 2. The van der Waals surface area contributed by atoms with E-state index in [4.69, 9.17) is 5.26 Å². The van der Waals surface area contributed by atoms with E-state index in [-0.39, 0.29) is 35.5 Å². The topological polar surface area (TPSA) is 73.5 Å². The SMILES string of the molecule is N#Cc1ccc(C=NN2C(=O)[C@@H]3[C@H]4C=C[C@@H]([C@@H]5C[C@H]45)[C@H]3C2=O)cc1. The van der Waals surface area contributed by atoms with Crippen LogP contribution < -0.4 is 0 Å². The van der Waals surface area contributed by atoms with Crippen LogP contribution in [0.15, 0.2) is 41.5 Å². The smallest absolute Gasteiger partial charge is 0.254 e. The van der Waals surface area contributed by atoms with E-state index in [1.807, 2.05) is 0 Å². The van der Waals surface area contributed by atoms with E-state index < -0.39 is 0 Å². The van der Waals surface area contributed by atoms with Crippen molar-refractivity contribution in [2.45, 2.75) is 6.42 Å². The van der Waals surface area contributed by atoms with Gasteiger partial charge in [-0.1, -0.05) is 24.3 Å². The van der Waals surface area contributed by atoms with Crippen molar-refractivity contribution in [2.24, 2.45) is 40.6 Å². The number of imide groups is 1. The standard InChI is InChI=1S/C19H15N3O2/c20-8-10-1-3-11(4-2-10)9-21-22-18(23)16-12-5-6-13(15-7-14(12)15)17(16)19(22)24/h1-6,9,12-17H,7H2/t12-,13-,14-,15+,16+,17+/m0/s1. The number of carbonyl (C=O) groups is 2. The van der Waals surface area contributed by atoms with Crippen molar-refractivity contribution in [1.29, 1.82) is 5.26 Å². The highest BCUT2D eigenvalue weighted by Crippen LogP contribution is 2.65. The van der Waals surface area contributed by atoms with Crippen LogP contribution in [0.3, 0.4) is 0 Å². The largest absolute Gasteiger partial charge is 0.272 e. The average molecular weight is 317 g/mol. The van der Waals surface area contributed by atoms with Gasteiger partial charge in [-0.15, -0.1) is 0 Å². The Labute approximate surface area is 139 Å². The lowest BCUT2D eigenvalue weighted by atomic mass is 9.63. The molecule has 1 aromatic rings. The van der Waals surface area contributed by atoms with E-state index in [9.17, 15) is 9.59 Å². The van der Waals surface area contributed by atoms with Gasteiger partial charge in [0, 0.05) is 0 Å². The second-order valence-corrected chi connectivity index (χ2v) is 7.12. The Bertz CT molecular complexity index is 812. The molecular weight excluding hydrogens is 302 g/mol. The number of benzene rings is 1. The molecule has 6 atom stereocenters. The van der Waals surface area contributed by atoms with Gasteiger partial charge in [0.1, 0.15) is 0 Å². The van der Waals surface area contributed by atoms with Crippen LogP contribution in [0.2, 0.25) is 0 Å². The van der Waals surface area contributed by atoms with Gasteiger partial charge in [-0.25, -0.2) is 0 Å². The lowest BCUT2D eigenvalue weighted by Gasteiger charge is -2.37. The van der Waals surface area contributed by atoms with Gasteiger partial charge in [0.25, 0.3) is 11.8 Å². The van der Waals surface area contributed by atoms with E-state index in [0.717, 1.165) is 17.0 Å². The second-order valence-electron chi connectivity index (χ2n) is 7.12. The Morgan fingerprint density at radius 3 is 2.17 bits per heavy atom. The summed E-state index contributed by atoms with van der Waals surface area (Å²) < 4.78 is 0. The van der Waals surface area contributed by atoms with Gasteiger partial charge in [0.15, 0.2) is 0 Å². The molecule has 1 aromatic carbocycles. The molecular formula is C19H15N3O2. The summed E-state index contributed by atoms with van der Waals surface area (Å²) in [6, 6.07) is 8.93. The van der Waals surface area contributed by atoms with E-state index in [0.29, 0.717) is 17.4 Å². The number of carbonyl (C=O) groups excluding carboxylic acids is 2. The highest BCUT2D eigenvalue weighted by molar-refractivity contribution is 6.06. The first kappa shape index (κ1) is 13.7. The van der Waals surface area contributed by atoms with Crippen molar-refractivity contribution in [3.05, 3.63) is 47.5 Å². The monoisotopic (exact) mass is 317 g/mol. The fraction of sp³-hybridized carbons (Fsp3) is 0.368. The number of nitrogens with zero attached hydrogens (tertiary/aromatic N) is 3. The molecule has 5 heteroatoms. The lowest BCUT2D eigenvalue weighted by Crippen LogP contribution is -2.40. The van der Waals surface area contributed by atoms with Crippen LogP contribution in [-0.4, -0.2) is 23.0 Å². The third kappa shape index (κ3) is 1.71. The minimum Gasteiger partial charge on any atom is -0.272 e. The summed E-state index contributed by atoms with van der Waals surface area (Å²) in [6.07, 6.45) is 6.98. The van der Waals surface area contributed by atoms with Crippen molar-refractivity contribution in [1.82, 2.24) is 5.01 Å². The van der Waals surface area contributed by atoms with Crippen LogP contribution in [0.1, 0.15) is 17.5 Å². The Hall–Kier alpha value is -2.74. The third-order valence-electron chi connectivity index (χ3n) is 6.00. The molecule has 3 fully saturated rings. The van der Waals surface area contributed by atoms with Crippen molar-refractivity contribution in [3.8, 4) is 6.07 Å². The molecule has 5 aliphatic rings. The maximum atomic E-state index is 12.7. The molecule has 24 heavy (non-hydrogen) atoms. The zero-order chi connectivity index (χ0) is 16.4. The molecule has 1 aliphatic heterocycles. The highest BCUT2D eigenvalue weighted by atomic mass is 16.2. The van der Waals surface area contributed by atoms with Gasteiger partial charge in [0.2, 0.25) is 0 Å². The molecule has 2 bridgehead atoms. The van der Waals surface area contributed by atoms with Gasteiger partial charge in [-0.3, -0.25) is 9.59 Å². The zero-order valence-corrected chi connectivity index (χ0v) is 12.9. The van der Waals surface area contributed by atoms with E-state index in [1.165, 1.54) is 6.21 Å². The molecule has 4 aliphatic carbocycles. The van der Waals surface area contributed by atoms with Crippen LogP contribution in [0.4, 0.5) is 0 Å². The minimum atomic E-state index is -0.214. The second kappa shape index (κ2) is 4.64. The van der Waals surface area contributed by atoms with Gasteiger partial charge < -0.3 is 0 Å². The zero-order valence-electron chi connectivity index (χ0n) is 12.9. The van der Waals surface area contributed by atoms with Crippen molar-refractivity contribution in [2.75, 3.05) is 0 Å². The molecule has 2 amide bonds. The van der Waals surface area contributed by atoms with Crippen LogP contribution >= 0.6 is 0 Å². The van der Waals surface area contributed by atoms with Gasteiger partial charge in [0.05, 0.1) is 29.7 Å². The fourth-order valence-electron chi connectivity index (χ4n) is 4.82. The minimum absolute atomic E-state index is 0.153. The Morgan fingerprint density at radius 2 is 1.62 bits per heavy atom. The first-order chi connectivity index (χ1) is 11.7. The van der Waals surface area contributed by atoms with Crippen LogP contribution in [-0.2, 0) is 9.59 Å². The van der Waals surface area contributed by atoms with Gasteiger partial charge in [-0.05, 0) is 47.8 Å². The average Bonchev–Trinajstić information content (AvgIpc) is 3.39. The molecule has 0 spiro atoms. The maximum Gasteiger partial charge on any atom is 0.254 e. The van der Waals surface area contributed by atoms with Crippen molar-refractivity contribution in [3.63, 3.8) is 0 Å². The molecule has 0 aromatic heterocycles. The number of nitriles is 1. The number of amides is 2. The number of rotatable bonds is 2. The van der Waals surface area contributed by atoms with E-state index >= 15 is 0 Å². The molecule has 6 rings (SSSR count). The van der Waals surface area contributed by atoms with Crippen LogP contribution in [0.25, 0.3) is 0 Å². The summed E-state index contributed by atoms with van der Waals surface area (Å²) in [7, 11) is 0. The molecule has 0 unspecified atom stereocenters. The summed E-state index contributed by atoms with van der Waals surface area (Å²) in [5.74, 6) is 0.900. The number of hydrogen-bond donors (Lipinski definition) is 0. The predicted molar refractivity (Wildman–Crippen MR) is 85.3 cm³/mol. The predicted octanol–water partition coefficient (Wildman–Crippen LogP) is 1.95. The van der Waals surface area contributed by atoms with Crippen LogP contribution in [0.5, 0.6) is 0 Å². The fourth-order valence-corrected chi connectivity index (χ4v) is 4.82. The van der Waals surface area contributed by atoms with Gasteiger partial charge in [-0.2, -0.15) is 15.4 Å². The summed E-state index contributed by atoms with van der Waals surface area (Å²) in [5, 5.41) is 14.1. The summed E-state index contributed by atoms with van der Waals surface area (Å²) in [6.45, 7) is 0. The molecule has 0 radical (unpaired) electrons. The first-order valence-corrected chi connectivity index (χ1v) is 8.29. The Balaban J connectivity index is 1.42. The molecule has 1 saturated heterocycles. The van der Waals surface area contributed by atoms with E-state index in [1.54, 1.807) is 24.3 Å². The third-order valence-corrected chi connectivity index (χ3v) is 6.00. The van der Waals surface area contributed by atoms with Crippen LogP contribution in [0, 0.1) is 46.8 Å². The van der Waals surface area contributed by atoms with Gasteiger partial charge >= 0.3 is 0 Å². The highest BCUT2D eigenvalue weighted by Gasteiger charge is 2.67. The molecule has 2 saturated carbocycles.